The third kappa shape index (κ3) is 6.42. The average Bonchev–Trinajstić information content (AvgIpc) is 3.55. The molecule has 4 aromatic rings. The van der Waals surface area contributed by atoms with Gasteiger partial charge in [-0.2, -0.15) is 0 Å². The minimum absolute atomic E-state index is 0.245. The van der Waals surface area contributed by atoms with Crippen LogP contribution in [0, 0.1) is 0 Å². The van der Waals surface area contributed by atoms with E-state index in [9.17, 15) is 9.90 Å². The third-order valence-corrected chi connectivity index (χ3v) is 6.54. The molecule has 0 radical (unpaired) electrons. The number of amides is 1. The van der Waals surface area contributed by atoms with E-state index in [1.165, 1.54) is 19.4 Å². The lowest BCUT2D eigenvalue weighted by Gasteiger charge is -2.16. The van der Waals surface area contributed by atoms with Crippen molar-refractivity contribution in [2.24, 2.45) is 5.73 Å². The van der Waals surface area contributed by atoms with E-state index in [0.29, 0.717) is 37.6 Å². The molecule has 1 amide bonds. The molecular weight excluding hydrogens is 512 g/mol. The van der Waals surface area contributed by atoms with Crippen LogP contribution in [0.2, 0.25) is 0 Å². The van der Waals surface area contributed by atoms with Crippen LogP contribution in [-0.2, 0) is 34.8 Å². The largest absolute Gasteiger partial charge is 0.384 e. The number of hydrogen-bond acceptors (Lipinski definition) is 9. The summed E-state index contributed by atoms with van der Waals surface area (Å²) in [5.41, 5.74) is 8.95. The Morgan fingerprint density at radius 2 is 1.62 bits per heavy atom. The number of hydroxylamine groups is 2. The minimum atomic E-state index is -1.29. The van der Waals surface area contributed by atoms with Gasteiger partial charge in [0.05, 0.1) is 27.3 Å². The van der Waals surface area contributed by atoms with Gasteiger partial charge in [0.15, 0.2) is 5.82 Å². The Morgan fingerprint density at radius 3 is 2.17 bits per heavy atom. The van der Waals surface area contributed by atoms with Crippen LogP contribution in [0.3, 0.4) is 0 Å². The van der Waals surface area contributed by atoms with Gasteiger partial charge in [0.25, 0.3) is 5.91 Å². The SMILES string of the molecule is CCCc1nc(C(C)(C)O)c(C(N)=O)n1Cc1ccc(-c2ccc(-c3nnnn3CCN(OC)OC)cc2)cc1. The first-order chi connectivity index (χ1) is 19.2. The van der Waals surface area contributed by atoms with Gasteiger partial charge in [0.1, 0.15) is 22.8 Å². The van der Waals surface area contributed by atoms with E-state index in [0.717, 1.165) is 34.5 Å². The zero-order valence-corrected chi connectivity index (χ0v) is 23.5. The highest BCUT2D eigenvalue weighted by Gasteiger charge is 2.30. The fraction of sp³-hybridized carbons (Fsp3) is 0.393. The van der Waals surface area contributed by atoms with Gasteiger partial charge in [-0.1, -0.05) is 60.7 Å². The molecule has 0 aliphatic carbocycles. The number of aliphatic hydroxyl groups is 1. The molecule has 0 fully saturated rings. The number of carbonyl (C=O) groups is 1. The van der Waals surface area contributed by atoms with Crippen LogP contribution < -0.4 is 5.73 Å². The second-order valence-corrected chi connectivity index (χ2v) is 9.91. The Balaban J connectivity index is 1.53. The molecule has 3 N–H and O–H groups in total. The van der Waals surface area contributed by atoms with E-state index in [1.54, 1.807) is 18.5 Å². The Labute approximate surface area is 233 Å². The summed E-state index contributed by atoms with van der Waals surface area (Å²) in [6, 6.07) is 16.1. The zero-order chi connectivity index (χ0) is 28.9. The van der Waals surface area contributed by atoms with Crippen molar-refractivity contribution < 1.29 is 19.6 Å². The van der Waals surface area contributed by atoms with Crippen LogP contribution in [0.5, 0.6) is 0 Å². The molecule has 212 valence electrons. The maximum absolute atomic E-state index is 12.4. The molecule has 0 spiro atoms. The van der Waals surface area contributed by atoms with Crippen molar-refractivity contribution in [1.29, 1.82) is 0 Å². The van der Waals surface area contributed by atoms with E-state index < -0.39 is 11.5 Å². The van der Waals surface area contributed by atoms with Crippen molar-refractivity contribution in [2.45, 2.75) is 52.3 Å². The molecule has 2 heterocycles. The first kappa shape index (κ1) is 29.0. The Bertz CT molecular complexity index is 1420. The smallest absolute Gasteiger partial charge is 0.267 e. The van der Waals surface area contributed by atoms with Gasteiger partial charge in [-0.25, -0.2) is 9.67 Å². The van der Waals surface area contributed by atoms with Gasteiger partial charge >= 0.3 is 0 Å². The molecule has 2 aromatic carbocycles. The molecule has 0 unspecified atom stereocenters. The second kappa shape index (κ2) is 12.5. The number of carbonyl (C=O) groups excluding carboxylic acids is 1. The molecule has 0 bridgehead atoms. The number of primary amides is 1. The summed E-state index contributed by atoms with van der Waals surface area (Å²) in [5, 5.41) is 24.0. The highest BCUT2D eigenvalue weighted by Crippen LogP contribution is 2.27. The molecule has 0 saturated carbocycles. The summed E-state index contributed by atoms with van der Waals surface area (Å²) < 4.78 is 3.52. The lowest BCUT2D eigenvalue weighted by molar-refractivity contribution is -0.343. The fourth-order valence-corrected chi connectivity index (χ4v) is 4.55. The molecule has 0 atom stereocenters. The van der Waals surface area contributed by atoms with Gasteiger partial charge < -0.3 is 15.4 Å². The fourth-order valence-electron chi connectivity index (χ4n) is 4.55. The molecule has 4 rings (SSSR count). The van der Waals surface area contributed by atoms with Crippen molar-refractivity contribution >= 4 is 5.91 Å². The van der Waals surface area contributed by atoms with Crippen LogP contribution in [0.25, 0.3) is 22.5 Å². The predicted octanol–water partition coefficient (Wildman–Crippen LogP) is 2.96. The molecule has 0 saturated heterocycles. The number of nitrogens with two attached hydrogens (primary N) is 1. The highest BCUT2D eigenvalue weighted by molar-refractivity contribution is 5.92. The quantitative estimate of drug-likeness (QED) is 0.241. The zero-order valence-electron chi connectivity index (χ0n) is 23.5. The van der Waals surface area contributed by atoms with Gasteiger partial charge in [0.2, 0.25) is 0 Å². The number of imidazole rings is 1. The van der Waals surface area contributed by atoms with Crippen LogP contribution in [-0.4, -0.2) is 66.8 Å². The number of nitrogens with zero attached hydrogens (tertiary/aromatic N) is 7. The maximum atomic E-state index is 12.4. The lowest BCUT2D eigenvalue weighted by atomic mass is 10.0. The van der Waals surface area contributed by atoms with Gasteiger partial charge in [-0.05, 0) is 47.4 Å². The van der Waals surface area contributed by atoms with Crippen molar-refractivity contribution in [3.63, 3.8) is 0 Å². The lowest BCUT2D eigenvalue weighted by Crippen LogP contribution is -2.26. The maximum Gasteiger partial charge on any atom is 0.267 e. The van der Waals surface area contributed by atoms with E-state index >= 15 is 0 Å². The van der Waals surface area contributed by atoms with E-state index in [1.807, 2.05) is 60.0 Å². The summed E-state index contributed by atoms with van der Waals surface area (Å²) in [6.07, 6.45) is 1.52. The van der Waals surface area contributed by atoms with Crippen LogP contribution in [0.15, 0.2) is 48.5 Å². The third-order valence-electron chi connectivity index (χ3n) is 6.54. The monoisotopic (exact) mass is 548 g/mol. The summed E-state index contributed by atoms with van der Waals surface area (Å²) in [6.45, 7) is 6.62. The number of benzene rings is 2. The molecule has 2 aromatic heterocycles. The van der Waals surface area contributed by atoms with Crippen LogP contribution in [0.4, 0.5) is 0 Å². The normalized spacial score (nSPS) is 11.9. The molecule has 0 aliphatic rings. The van der Waals surface area contributed by atoms with Crippen molar-refractivity contribution in [3.8, 4) is 22.5 Å². The van der Waals surface area contributed by atoms with Crippen molar-refractivity contribution in [2.75, 3.05) is 20.8 Å². The number of tetrazole rings is 1. The molecular formula is C28H36N8O4. The van der Waals surface area contributed by atoms with Gasteiger partial charge in [-0.3, -0.25) is 14.5 Å². The van der Waals surface area contributed by atoms with Crippen LogP contribution >= 0.6 is 0 Å². The number of hydrogen-bond donors (Lipinski definition) is 2. The van der Waals surface area contributed by atoms with Gasteiger partial charge in [-0.15, -0.1) is 5.10 Å². The first-order valence-electron chi connectivity index (χ1n) is 13.1. The van der Waals surface area contributed by atoms with E-state index in [-0.39, 0.29) is 5.69 Å². The summed E-state index contributed by atoms with van der Waals surface area (Å²) in [5.74, 6) is 0.768. The van der Waals surface area contributed by atoms with E-state index in [2.05, 4.69) is 20.5 Å². The van der Waals surface area contributed by atoms with Crippen LogP contribution in [0.1, 0.15) is 54.8 Å². The summed E-state index contributed by atoms with van der Waals surface area (Å²) in [7, 11) is 3.06. The topological polar surface area (TPSA) is 146 Å². The van der Waals surface area contributed by atoms with E-state index in [4.69, 9.17) is 15.4 Å². The van der Waals surface area contributed by atoms with Crippen molar-refractivity contribution in [1.82, 2.24) is 35.0 Å². The van der Waals surface area contributed by atoms with Gasteiger partial charge in [0, 0.05) is 18.5 Å². The highest BCUT2D eigenvalue weighted by atomic mass is 16.9. The number of aryl methyl sites for hydroxylation is 1. The number of rotatable bonds is 13. The standard InChI is InChI=1S/C28H36N8O4/c1-6-7-23-30-25(28(2,3)38)24(26(29)37)34(23)18-19-8-10-20(11-9-19)21-12-14-22(15-13-21)27-31-32-33-35(27)16-17-36(39-4)40-5/h8-15,38H,6-7,16-18H2,1-5H3,(H2,29,37). The summed E-state index contributed by atoms with van der Waals surface area (Å²) >= 11 is 0. The Morgan fingerprint density at radius 1 is 1.02 bits per heavy atom. The summed E-state index contributed by atoms with van der Waals surface area (Å²) in [4.78, 5) is 27.2. The predicted molar refractivity (Wildman–Crippen MR) is 148 cm³/mol. The minimum Gasteiger partial charge on any atom is -0.384 e. The second-order valence-electron chi connectivity index (χ2n) is 9.91. The molecule has 0 aliphatic heterocycles. The average molecular weight is 549 g/mol. The Hall–Kier alpha value is -3.97. The Kier molecular flexibility index (Phi) is 9.05. The molecule has 12 nitrogen and oxygen atoms in total. The first-order valence-corrected chi connectivity index (χ1v) is 13.1. The van der Waals surface area contributed by atoms with Crippen molar-refractivity contribution in [3.05, 3.63) is 71.3 Å². The molecule has 40 heavy (non-hydrogen) atoms. The molecule has 12 heteroatoms. The number of aromatic nitrogens is 6.